The Morgan fingerprint density at radius 1 is 1.37 bits per heavy atom. The van der Waals surface area contributed by atoms with Crippen molar-refractivity contribution in [3.63, 3.8) is 0 Å². The minimum atomic E-state index is -0.241. The summed E-state index contributed by atoms with van der Waals surface area (Å²) in [6.07, 6.45) is 0.991. The van der Waals surface area contributed by atoms with E-state index in [4.69, 9.17) is 0 Å². The number of thiophene rings is 1. The first kappa shape index (κ1) is 12.6. The predicted octanol–water partition coefficient (Wildman–Crippen LogP) is 5.06. The normalized spacial score (nSPS) is 12.7. The van der Waals surface area contributed by atoms with E-state index in [9.17, 15) is 4.39 Å². The number of rotatable bonds is 4. The van der Waals surface area contributed by atoms with Gasteiger partial charge in [-0.2, -0.15) is 0 Å². The fraction of sp³-hybridized carbons (Fsp3) is 0.214. The third kappa shape index (κ3) is 2.62. The van der Waals surface area contributed by atoms with Crippen LogP contribution in [0.5, 0.6) is 0 Å². The molecule has 0 spiro atoms. The molecule has 5 heteroatoms. The molecule has 0 saturated heterocycles. The van der Waals surface area contributed by atoms with E-state index in [2.05, 4.69) is 34.7 Å². The second kappa shape index (κ2) is 5.27. The third-order valence-electron chi connectivity index (χ3n) is 2.94. The first-order valence-electron chi connectivity index (χ1n) is 6.12. The second-order valence-corrected chi connectivity index (χ2v) is 6.26. The molecule has 2 heterocycles. The lowest BCUT2D eigenvalue weighted by Gasteiger charge is -2.13. The molecule has 0 saturated carbocycles. The Morgan fingerprint density at radius 3 is 3.00 bits per heavy atom. The van der Waals surface area contributed by atoms with E-state index >= 15 is 0 Å². The van der Waals surface area contributed by atoms with E-state index in [-0.39, 0.29) is 11.9 Å². The first-order chi connectivity index (χ1) is 9.26. The van der Waals surface area contributed by atoms with Crippen LogP contribution in [0.1, 0.15) is 24.3 Å². The van der Waals surface area contributed by atoms with E-state index in [1.165, 1.54) is 17.0 Å². The topological polar surface area (TPSA) is 24.9 Å². The molecular weight excluding hydrogens is 279 g/mol. The molecule has 98 valence electrons. The van der Waals surface area contributed by atoms with Crippen LogP contribution < -0.4 is 5.32 Å². The smallest absolute Gasteiger partial charge is 0.184 e. The number of nitrogens with zero attached hydrogens (tertiary/aromatic N) is 1. The molecule has 0 fully saturated rings. The van der Waals surface area contributed by atoms with Gasteiger partial charge in [0.25, 0.3) is 0 Å². The summed E-state index contributed by atoms with van der Waals surface area (Å²) in [6, 6.07) is 9.17. The molecule has 19 heavy (non-hydrogen) atoms. The fourth-order valence-corrected chi connectivity index (χ4v) is 3.74. The second-order valence-electron chi connectivity index (χ2n) is 4.25. The molecule has 2 aromatic heterocycles. The van der Waals surface area contributed by atoms with E-state index in [1.807, 2.05) is 0 Å². The van der Waals surface area contributed by atoms with Crippen molar-refractivity contribution in [3.05, 3.63) is 46.4 Å². The summed E-state index contributed by atoms with van der Waals surface area (Å²) in [7, 11) is 0. The van der Waals surface area contributed by atoms with Gasteiger partial charge in [-0.1, -0.05) is 24.3 Å². The number of nitrogens with one attached hydrogen (secondary N) is 1. The van der Waals surface area contributed by atoms with Crippen molar-refractivity contribution in [2.45, 2.75) is 19.4 Å². The Labute approximate surface area is 118 Å². The lowest BCUT2D eigenvalue weighted by Crippen LogP contribution is -2.07. The zero-order valence-corrected chi connectivity index (χ0v) is 12.0. The standard InChI is InChI=1S/C14H13FN2S2/c1-2-10(12-4-3-7-18-12)16-14-17-11-8-9(15)5-6-13(11)19-14/h3-8,10H,2H2,1H3,(H,16,17). The number of hydrogen-bond acceptors (Lipinski definition) is 4. The molecule has 1 N–H and O–H groups in total. The van der Waals surface area contributed by atoms with E-state index in [0.717, 1.165) is 16.3 Å². The van der Waals surface area contributed by atoms with Gasteiger partial charge in [0, 0.05) is 10.9 Å². The van der Waals surface area contributed by atoms with Crippen LogP contribution in [0.3, 0.4) is 0 Å². The summed E-state index contributed by atoms with van der Waals surface area (Å²) in [4.78, 5) is 5.74. The van der Waals surface area contributed by atoms with Crippen molar-refractivity contribution in [1.82, 2.24) is 4.98 Å². The summed E-state index contributed by atoms with van der Waals surface area (Å²) in [5.41, 5.74) is 0.716. The van der Waals surface area contributed by atoms with Crippen LogP contribution in [-0.2, 0) is 0 Å². The zero-order valence-electron chi connectivity index (χ0n) is 10.4. The Kier molecular flexibility index (Phi) is 3.48. The van der Waals surface area contributed by atoms with E-state index in [1.54, 1.807) is 28.7 Å². The number of aromatic nitrogens is 1. The van der Waals surface area contributed by atoms with Gasteiger partial charge in [-0.15, -0.1) is 11.3 Å². The van der Waals surface area contributed by atoms with Gasteiger partial charge >= 0.3 is 0 Å². The van der Waals surface area contributed by atoms with Crippen molar-refractivity contribution in [2.24, 2.45) is 0 Å². The van der Waals surface area contributed by atoms with Crippen molar-refractivity contribution < 1.29 is 4.39 Å². The van der Waals surface area contributed by atoms with Gasteiger partial charge in [-0.25, -0.2) is 9.37 Å². The van der Waals surface area contributed by atoms with Crippen molar-refractivity contribution in [1.29, 1.82) is 0 Å². The van der Waals surface area contributed by atoms with Gasteiger partial charge in [-0.3, -0.25) is 0 Å². The van der Waals surface area contributed by atoms with Crippen LogP contribution >= 0.6 is 22.7 Å². The number of fused-ring (bicyclic) bond motifs is 1. The zero-order chi connectivity index (χ0) is 13.2. The van der Waals surface area contributed by atoms with Crippen molar-refractivity contribution in [2.75, 3.05) is 5.32 Å². The van der Waals surface area contributed by atoms with Crippen molar-refractivity contribution >= 4 is 38.0 Å². The highest BCUT2D eigenvalue weighted by molar-refractivity contribution is 7.22. The molecule has 1 unspecified atom stereocenters. The highest BCUT2D eigenvalue weighted by Crippen LogP contribution is 2.31. The largest absolute Gasteiger partial charge is 0.354 e. The molecule has 3 rings (SSSR count). The minimum absolute atomic E-state index is 0.241. The van der Waals surface area contributed by atoms with Gasteiger partial charge in [0.15, 0.2) is 5.13 Å². The lowest BCUT2D eigenvalue weighted by atomic mass is 10.2. The maximum atomic E-state index is 13.1. The summed E-state index contributed by atoms with van der Waals surface area (Å²) in [5.74, 6) is -0.241. The van der Waals surface area contributed by atoms with Gasteiger partial charge in [-0.05, 0) is 30.0 Å². The van der Waals surface area contributed by atoms with Gasteiger partial charge in [0.1, 0.15) is 5.82 Å². The number of hydrogen-bond donors (Lipinski definition) is 1. The quantitative estimate of drug-likeness (QED) is 0.727. The number of anilines is 1. The summed E-state index contributed by atoms with van der Waals surface area (Å²) in [6.45, 7) is 2.14. The molecule has 0 radical (unpaired) electrons. The Bertz CT molecular complexity index is 676. The summed E-state index contributed by atoms with van der Waals surface area (Å²) in [5, 5.41) is 6.36. The number of halogens is 1. The molecule has 0 aliphatic carbocycles. The van der Waals surface area contributed by atoms with Crippen LogP contribution in [0.25, 0.3) is 10.2 Å². The molecule has 0 aliphatic rings. The maximum Gasteiger partial charge on any atom is 0.184 e. The lowest BCUT2D eigenvalue weighted by molar-refractivity contribution is 0.629. The molecular formula is C14H13FN2S2. The SMILES string of the molecule is CCC(Nc1nc2cc(F)ccc2s1)c1cccs1. The summed E-state index contributed by atoms with van der Waals surface area (Å²) >= 11 is 3.30. The molecule has 0 aliphatic heterocycles. The van der Waals surface area contributed by atoms with Gasteiger partial charge in [0.05, 0.1) is 16.3 Å². The van der Waals surface area contributed by atoms with Crippen LogP contribution in [-0.4, -0.2) is 4.98 Å². The monoisotopic (exact) mass is 292 g/mol. The molecule has 0 bridgehead atoms. The van der Waals surface area contributed by atoms with Gasteiger partial charge in [0.2, 0.25) is 0 Å². The first-order valence-corrected chi connectivity index (χ1v) is 7.82. The summed E-state index contributed by atoms with van der Waals surface area (Å²) < 4.78 is 14.1. The van der Waals surface area contributed by atoms with Gasteiger partial charge < -0.3 is 5.32 Å². The molecule has 2 nitrogen and oxygen atoms in total. The van der Waals surface area contributed by atoms with E-state index in [0.29, 0.717) is 5.52 Å². The average molecular weight is 292 g/mol. The number of benzene rings is 1. The van der Waals surface area contributed by atoms with Crippen LogP contribution in [0.4, 0.5) is 9.52 Å². The van der Waals surface area contributed by atoms with Crippen LogP contribution in [0, 0.1) is 5.82 Å². The Morgan fingerprint density at radius 2 is 2.26 bits per heavy atom. The maximum absolute atomic E-state index is 13.1. The Hall–Kier alpha value is -1.46. The van der Waals surface area contributed by atoms with Crippen LogP contribution in [0.15, 0.2) is 35.7 Å². The molecule has 3 aromatic rings. The fourth-order valence-electron chi connectivity index (χ4n) is 1.98. The van der Waals surface area contributed by atoms with E-state index < -0.39 is 0 Å². The average Bonchev–Trinajstić information content (AvgIpc) is 3.04. The third-order valence-corrected chi connectivity index (χ3v) is 4.90. The predicted molar refractivity (Wildman–Crippen MR) is 80.6 cm³/mol. The molecule has 0 amide bonds. The van der Waals surface area contributed by atoms with Crippen molar-refractivity contribution in [3.8, 4) is 0 Å². The van der Waals surface area contributed by atoms with Crippen LogP contribution in [0.2, 0.25) is 0 Å². The highest BCUT2D eigenvalue weighted by Gasteiger charge is 2.12. The molecule has 1 aromatic carbocycles. The minimum Gasteiger partial charge on any atom is -0.354 e. The highest BCUT2D eigenvalue weighted by atomic mass is 32.1. The molecule has 1 atom stereocenters. The Balaban J connectivity index is 1.88. The number of thiazole rings is 1.